The van der Waals surface area contributed by atoms with Crippen molar-refractivity contribution in [3.05, 3.63) is 42.0 Å². The summed E-state index contributed by atoms with van der Waals surface area (Å²) in [6.45, 7) is 4.37. The van der Waals surface area contributed by atoms with Gasteiger partial charge in [0.1, 0.15) is 5.75 Å². The molecule has 3 rings (SSSR count). The van der Waals surface area contributed by atoms with E-state index < -0.39 is 0 Å². The number of fused-ring (bicyclic) bond motifs is 1. The fourth-order valence-electron chi connectivity index (χ4n) is 4.71. The molecule has 2 nitrogen and oxygen atoms in total. The summed E-state index contributed by atoms with van der Waals surface area (Å²) in [5.41, 5.74) is 1.48. The molecule has 0 heterocycles. The highest BCUT2D eigenvalue weighted by atomic mass is 16.5. The molecule has 0 radical (unpaired) electrons. The zero-order valence-electron chi connectivity index (χ0n) is 18.4. The van der Waals surface area contributed by atoms with Gasteiger partial charge in [-0.15, -0.1) is 0 Å². The molecule has 0 N–H and O–H groups in total. The van der Waals surface area contributed by atoms with Crippen molar-refractivity contribution in [2.75, 3.05) is 0 Å². The first kappa shape index (κ1) is 21.9. The van der Waals surface area contributed by atoms with E-state index in [1.165, 1.54) is 68.7 Å². The van der Waals surface area contributed by atoms with E-state index in [0.29, 0.717) is 18.1 Å². The molecule has 29 heavy (non-hydrogen) atoms. The SMILES string of the molecule is CCCCCCC1CCC(c2ccc3cc(OC(=O)CCCC)ccc3c2)CC1. The molecule has 0 saturated heterocycles. The number of carbonyl (C=O) groups is 1. The molecule has 2 aromatic carbocycles. The average molecular weight is 395 g/mol. The number of carbonyl (C=O) groups excluding carboxylic acids is 1. The zero-order valence-corrected chi connectivity index (χ0v) is 18.4. The minimum atomic E-state index is -0.130. The third-order valence-electron chi connectivity index (χ3n) is 6.59. The number of unbranched alkanes of at least 4 members (excludes halogenated alkanes) is 4. The third-order valence-corrected chi connectivity index (χ3v) is 6.59. The van der Waals surface area contributed by atoms with Crippen LogP contribution >= 0.6 is 0 Å². The molecule has 2 aromatic rings. The summed E-state index contributed by atoms with van der Waals surface area (Å²) < 4.78 is 5.49. The molecule has 1 saturated carbocycles. The van der Waals surface area contributed by atoms with E-state index in [2.05, 4.69) is 38.1 Å². The molecular formula is C27H38O2. The number of ether oxygens (including phenoxy) is 1. The molecule has 1 aliphatic carbocycles. The summed E-state index contributed by atoms with van der Waals surface area (Å²) in [6.07, 6.45) is 14.8. The molecule has 158 valence electrons. The molecule has 1 aliphatic rings. The molecular weight excluding hydrogens is 356 g/mol. The van der Waals surface area contributed by atoms with Crippen LogP contribution in [-0.2, 0) is 4.79 Å². The minimum absolute atomic E-state index is 0.130. The topological polar surface area (TPSA) is 26.3 Å². The fourth-order valence-corrected chi connectivity index (χ4v) is 4.71. The van der Waals surface area contributed by atoms with E-state index in [0.717, 1.165) is 24.1 Å². The maximum absolute atomic E-state index is 11.9. The molecule has 0 atom stereocenters. The summed E-state index contributed by atoms with van der Waals surface area (Å²) in [5, 5.41) is 2.40. The summed E-state index contributed by atoms with van der Waals surface area (Å²) >= 11 is 0. The van der Waals surface area contributed by atoms with Gasteiger partial charge >= 0.3 is 5.97 Å². The third kappa shape index (κ3) is 6.59. The van der Waals surface area contributed by atoms with Crippen molar-refractivity contribution in [3.63, 3.8) is 0 Å². The summed E-state index contributed by atoms with van der Waals surface area (Å²) in [4.78, 5) is 11.9. The van der Waals surface area contributed by atoms with Crippen LogP contribution in [0.5, 0.6) is 5.75 Å². The molecule has 0 aromatic heterocycles. The first-order chi connectivity index (χ1) is 14.2. The van der Waals surface area contributed by atoms with Gasteiger partial charge in [0.25, 0.3) is 0 Å². The Hall–Kier alpha value is -1.83. The lowest BCUT2D eigenvalue weighted by Gasteiger charge is -2.29. The van der Waals surface area contributed by atoms with Crippen LogP contribution in [0.2, 0.25) is 0 Å². The van der Waals surface area contributed by atoms with E-state index in [1.807, 2.05) is 12.1 Å². The van der Waals surface area contributed by atoms with Crippen molar-refractivity contribution in [3.8, 4) is 5.75 Å². The molecule has 0 spiro atoms. The highest BCUT2D eigenvalue weighted by molar-refractivity contribution is 5.85. The molecule has 0 amide bonds. The van der Waals surface area contributed by atoms with E-state index in [4.69, 9.17) is 4.74 Å². The van der Waals surface area contributed by atoms with Crippen molar-refractivity contribution in [1.29, 1.82) is 0 Å². The summed E-state index contributed by atoms with van der Waals surface area (Å²) in [5.74, 6) is 2.19. The number of esters is 1. The van der Waals surface area contributed by atoms with Crippen LogP contribution < -0.4 is 4.74 Å². The Morgan fingerprint density at radius 3 is 2.34 bits per heavy atom. The number of rotatable bonds is 10. The van der Waals surface area contributed by atoms with E-state index >= 15 is 0 Å². The molecule has 0 bridgehead atoms. The van der Waals surface area contributed by atoms with Crippen LogP contribution in [-0.4, -0.2) is 5.97 Å². The number of hydrogen-bond donors (Lipinski definition) is 0. The Bertz CT molecular complexity index is 771. The Labute approximate surface area is 177 Å². The van der Waals surface area contributed by atoms with Gasteiger partial charge in [-0.1, -0.05) is 76.6 Å². The van der Waals surface area contributed by atoms with Gasteiger partial charge < -0.3 is 4.74 Å². The van der Waals surface area contributed by atoms with Gasteiger partial charge in [-0.05, 0) is 72.4 Å². The Balaban J connectivity index is 1.55. The standard InChI is InChI=1S/C27H38O2/c1-3-5-7-8-9-21-11-13-22(14-12-21)23-15-16-25-20-26(18-17-24(25)19-23)29-27(28)10-6-4-2/h15-22H,3-14H2,1-2H3. The van der Waals surface area contributed by atoms with Crippen molar-refractivity contribution in [2.45, 2.75) is 96.8 Å². The molecule has 0 aliphatic heterocycles. The predicted octanol–water partition coefficient (Wildman–Crippen LogP) is 8.18. The fraction of sp³-hybridized carbons (Fsp3) is 0.593. The second-order valence-corrected chi connectivity index (χ2v) is 8.91. The van der Waals surface area contributed by atoms with Gasteiger partial charge in [-0.25, -0.2) is 0 Å². The highest BCUT2D eigenvalue weighted by Crippen LogP contribution is 2.38. The van der Waals surface area contributed by atoms with Crippen molar-refractivity contribution in [2.24, 2.45) is 5.92 Å². The normalized spacial score (nSPS) is 19.4. The highest BCUT2D eigenvalue weighted by Gasteiger charge is 2.22. The van der Waals surface area contributed by atoms with Crippen LogP contribution in [0.1, 0.15) is 102 Å². The van der Waals surface area contributed by atoms with E-state index in [-0.39, 0.29) is 5.97 Å². The molecule has 1 fully saturated rings. The van der Waals surface area contributed by atoms with Crippen LogP contribution in [0.3, 0.4) is 0 Å². The van der Waals surface area contributed by atoms with Crippen LogP contribution in [0, 0.1) is 5.92 Å². The maximum Gasteiger partial charge on any atom is 0.311 e. The Morgan fingerprint density at radius 1 is 0.862 bits per heavy atom. The van der Waals surface area contributed by atoms with Gasteiger partial charge in [-0.3, -0.25) is 4.79 Å². The minimum Gasteiger partial charge on any atom is -0.427 e. The average Bonchev–Trinajstić information content (AvgIpc) is 2.75. The molecule has 0 unspecified atom stereocenters. The Morgan fingerprint density at radius 2 is 1.59 bits per heavy atom. The molecule has 2 heteroatoms. The first-order valence-electron chi connectivity index (χ1n) is 11.9. The second kappa shape index (κ2) is 11.4. The maximum atomic E-state index is 11.9. The Kier molecular flexibility index (Phi) is 8.58. The summed E-state index contributed by atoms with van der Waals surface area (Å²) in [7, 11) is 0. The smallest absolute Gasteiger partial charge is 0.311 e. The zero-order chi connectivity index (χ0) is 20.5. The van der Waals surface area contributed by atoms with E-state index in [1.54, 1.807) is 0 Å². The van der Waals surface area contributed by atoms with Gasteiger partial charge in [-0.2, -0.15) is 0 Å². The van der Waals surface area contributed by atoms with Crippen molar-refractivity contribution < 1.29 is 9.53 Å². The second-order valence-electron chi connectivity index (χ2n) is 8.91. The lowest BCUT2D eigenvalue weighted by molar-refractivity contribution is -0.134. The van der Waals surface area contributed by atoms with Gasteiger partial charge in [0.15, 0.2) is 0 Å². The first-order valence-corrected chi connectivity index (χ1v) is 11.9. The number of hydrogen-bond acceptors (Lipinski definition) is 2. The largest absolute Gasteiger partial charge is 0.427 e. The van der Waals surface area contributed by atoms with Crippen LogP contribution in [0.25, 0.3) is 10.8 Å². The van der Waals surface area contributed by atoms with Crippen molar-refractivity contribution >= 4 is 16.7 Å². The lowest BCUT2D eigenvalue weighted by Crippen LogP contribution is -2.13. The van der Waals surface area contributed by atoms with Crippen LogP contribution in [0.15, 0.2) is 36.4 Å². The monoisotopic (exact) mass is 394 g/mol. The van der Waals surface area contributed by atoms with Gasteiger partial charge in [0, 0.05) is 6.42 Å². The van der Waals surface area contributed by atoms with Crippen LogP contribution in [0.4, 0.5) is 0 Å². The quantitative estimate of drug-likeness (QED) is 0.231. The van der Waals surface area contributed by atoms with Gasteiger partial charge in [0.2, 0.25) is 0 Å². The number of benzene rings is 2. The summed E-state index contributed by atoms with van der Waals surface area (Å²) in [6, 6.07) is 12.9. The van der Waals surface area contributed by atoms with Gasteiger partial charge in [0.05, 0.1) is 0 Å². The lowest BCUT2D eigenvalue weighted by atomic mass is 9.77. The van der Waals surface area contributed by atoms with Crippen molar-refractivity contribution in [1.82, 2.24) is 0 Å². The van der Waals surface area contributed by atoms with E-state index in [9.17, 15) is 4.79 Å². The predicted molar refractivity (Wildman–Crippen MR) is 123 cm³/mol.